The fourth-order valence-corrected chi connectivity index (χ4v) is 3.57. The Morgan fingerprint density at radius 3 is 3.05 bits per heavy atom. The van der Waals surface area contributed by atoms with E-state index in [0.29, 0.717) is 12.2 Å². The molecule has 1 aliphatic rings. The van der Waals surface area contributed by atoms with Gasteiger partial charge in [0, 0.05) is 24.0 Å². The summed E-state index contributed by atoms with van der Waals surface area (Å²) >= 11 is 1.43. The number of benzene rings is 1. The van der Waals surface area contributed by atoms with Gasteiger partial charge in [-0.25, -0.2) is 4.98 Å². The number of ether oxygens (including phenoxy) is 1. The minimum absolute atomic E-state index is 0.0237. The number of thiazole rings is 1. The number of carbonyl (C=O) groups excluding carboxylic acids is 1. The number of nitrogens with zero attached hydrogens (tertiary/aromatic N) is 2. The molecule has 2 heterocycles. The molecule has 1 saturated heterocycles. The van der Waals surface area contributed by atoms with Crippen LogP contribution in [0.1, 0.15) is 39.9 Å². The van der Waals surface area contributed by atoms with E-state index < -0.39 is 0 Å². The molecule has 2 N–H and O–H groups in total. The Morgan fingerprint density at radius 1 is 1.50 bits per heavy atom. The maximum atomic E-state index is 12.7. The number of carbonyl (C=O) groups is 1. The Kier molecular flexibility index (Phi) is 4.40. The number of aromatic nitrogens is 1. The zero-order valence-electron chi connectivity index (χ0n) is 12.5. The lowest BCUT2D eigenvalue weighted by Gasteiger charge is -2.25. The van der Waals surface area contributed by atoms with E-state index in [0.717, 1.165) is 35.7 Å². The second kappa shape index (κ2) is 6.46. The third kappa shape index (κ3) is 2.71. The average Bonchev–Trinajstić information content (AvgIpc) is 3.23. The highest BCUT2D eigenvalue weighted by Crippen LogP contribution is 2.37. The Labute approximate surface area is 133 Å². The Bertz CT molecular complexity index is 671. The summed E-state index contributed by atoms with van der Waals surface area (Å²) in [5.74, 6) is 0.803. The summed E-state index contributed by atoms with van der Waals surface area (Å²) < 4.78 is 5.44. The van der Waals surface area contributed by atoms with Gasteiger partial charge in [0.05, 0.1) is 13.2 Å². The maximum absolute atomic E-state index is 12.7. The summed E-state index contributed by atoms with van der Waals surface area (Å²) in [5.41, 5.74) is 7.13. The maximum Gasteiger partial charge on any atom is 0.273 e. The van der Waals surface area contributed by atoms with E-state index in [1.807, 2.05) is 29.2 Å². The molecule has 1 atom stereocenters. The first-order valence-electron chi connectivity index (χ1n) is 7.33. The van der Waals surface area contributed by atoms with Gasteiger partial charge in [-0.3, -0.25) is 4.79 Å². The minimum Gasteiger partial charge on any atom is -0.496 e. The number of amides is 1. The van der Waals surface area contributed by atoms with Crippen molar-refractivity contribution in [2.45, 2.75) is 25.4 Å². The second-order valence-electron chi connectivity index (χ2n) is 5.23. The Morgan fingerprint density at radius 2 is 2.32 bits per heavy atom. The summed E-state index contributed by atoms with van der Waals surface area (Å²) in [7, 11) is 1.66. The molecule has 3 rings (SSSR count). The molecule has 6 heteroatoms. The molecule has 116 valence electrons. The van der Waals surface area contributed by atoms with E-state index in [1.54, 1.807) is 12.5 Å². The number of hydrogen-bond acceptors (Lipinski definition) is 5. The summed E-state index contributed by atoms with van der Waals surface area (Å²) in [4.78, 5) is 19.0. The van der Waals surface area contributed by atoms with Crippen LogP contribution < -0.4 is 10.5 Å². The van der Waals surface area contributed by atoms with Crippen molar-refractivity contribution in [3.05, 3.63) is 45.9 Å². The van der Waals surface area contributed by atoms with E-state index in [9.17, 15) is 4.79 Å². The van der Waals surface area contributed by atoms with Gasteiger partial charge in [-0.1, -0.05) is 18.2 Å². The van der Waals surface area contributed by atoms with Gasteiger partial charge in [-0.05, 0) is 18.9 Å². The third-order valence-electron chi connectivity index (χ3n) is 3.96. The molecule has 0 unspecified atom stereocenters. The number of para-hydroxylation sites is 1. The molecular weight excluding hydrogens is 298 g/mol. The molecule has 0 saturated carbocycles. The van der Waals surface area contributed by atoms with Gasteiger partial charge in [0.1, 0.15) is 16.5 Å². The SMILES string of the molecule is COc1ccccc1[C@@H]1CCCN1C(=O)c1csc(CN)n1. The predicted octanol–water partition coefficient (Wildman–Crippen LogP) is 2.59. The summed E-state index contributed by atoms with van der Waals surface area (Å²) in [6.45, 7) is 1.12. The topological polar surface area (TPSA) is 68.5 Å². The molecule has 1 aromatic heterocycles. The molecule has 0 spiro atoms. The molecule has 0 bridgehead atoms. The van der Waals surface area contributed by atoms with Gasteiger partial charge >= 0.3 is 0 Å². The van der Waals surface area contributed by atoms with Crippen molar-refractivity contribution in [1.29, 1.82) is 0 Å². The van der Waals surface area contributed by atoms with Gasteiger partial charge in [-0.15, -0.1) is 11.3 Å². The van der Waals surface area contributed by atoms with Crippen LogP contribution in [-0.2, 0) is 6.54 Å². The summed E-state index contributed by atoms with van der Waals surface area (Å²) in [6, 6.07) is 7.94. The zero-order chi connectivity index (χ0) is 15.5. The van der Waals surface area contributed by atoms with E-state index >= 15 is 0 Å². The lowest BCUT2D eigenvalue weighted by molar-refractivity contribution is 0.0729. The Balaban J connectivity index is 1.88. The molecule has 1 amide bonds. The molecule has 2 aromatic rings. The summed E-state index contributed by atoms with van der Waals surface area (Å²) in [5, 5.41) is 2.58. The number of likely N-dealkylation sites (tertiary alicyclic amines) is 1. The number of hydrogen-bond donors (Lipinski definition) is 1. The first-order valence-corrected chi connectivity index (χ1v) is 8.21. The van der Waals surface area contributed by atoms with Crippen LogP contribution in [-0.4, -0.2) is 29.4 Å². The molecule has 1 aliphatic heterocycles. The van der Waals surface area contributed by atoms with Crippen LogP contribution in [0, 0.1) is 0 Å². The van der Waals surface area contributed by atoms with Crippen LogP contribution in [0.15, 0.2) is 29.6 Å². The van der Waals surface area contributed by atoms with Crippen molar-refractivity contribution >= 4 is 17.2 Å². The second-order valence-corrected chi connectivity index (χ2v) is 6.17. The van der Waals surface area contributed by atoms with Crippen molar-refractivity contribution in [2.24, 2.45) is 5.73 Å². The van der Waals surface area contributed by atoms with Crippen LogP contribution in [0.25, 0.3) is 0 Å². The van der Waals surface area contributed by atoms with Crippen LogP contribution >= 0.6 is 11.3 Å². The Hall–Kier alpha value is -1.92. The molecule has 0 aliphatic carbocycles. The first-order chi connectivity index (χ1) is 10.7. The standard InChI is InChI=1S/C16H19N3O2S/c1-21-14-7-3-2-5-11(14)13-6-4-8-19(13)16(20)12-10-22-15(9-17)18-12/h2-3,5,7,10,13H,4,6,8-9,17H2,1H3/t13-/m0/s1. The lowest BCUT2D eigenvalue weighted by Crippen LogP contribution is -2.31. The van der Waals surface area contributed by atoms with Crippen LogP contribution in [0.2, 0.25) is 0 Å². The van der Waals surface area contributed by atoms with Crippen LogP contribution in [0.3, 0.4) is 0 Å². The van der Waals surface area contributed by atoms with E-state index in [1.165, 1.54) is 11.3 Å². The van der Waals surface area contributed by atoms with Crippen LogP contribution in [0.5, 0.6) is 5.75 Å². The molecule has 0 radical (unpaired) electrons. The van der Waals surface area contributed by atoms with Crippen molar-refractivity contribution < 1.29 is 9.53 Å². The number of methoxy groups -OCH3 is 1. The fourth-order valence-electron chi connectivity index (χ4n) is 2.92. The highest BCUT2D eigenvalue weighted by Gasteiger charge is 2.33. The summed E-state index contributed by atoms with van der Waals surface area (Å²) in [6.07, 6.45) is 1.93. The third-order valence-corrected chi connectivity index (χ3v) is 4.83. The zero-order valence-corrected chi connectivity index (χ0v) is 13.3. The van der Waals surface area contributed by atoms with E-state index in [-0.39, 0.29) is 11.9 Å². The molecule has 5 nitrogen and oxygen atoms in total. The van der Waals surface area contributed by atoms with Crippen molar-refractivity contribution in [3.63, 3.8) is 0 Å². The van der Waals surface area contributed by atoms with Crippen LogP contribution in [0.4, 0.5) is 0 Å². The largest absolute Gasteiger partial charge is 0.496 e. The van der Waals surface area contributed by atoms with Gasteiger partial charge in [0.2, 0.25) is 0 Å². The molecule has 1 aromatic carbocycles. The fraction of sp³-hybridized carbons (Fsp3) is 0.375. The van der Waals surface area contributed by atoms with Gasteiger partial charge in [-0.2, -0.15) is 0 Å². The highest BCUT2D eigenvalue weighted by atomic mass is 32.1. The van der Waals surface area contributed by atoms with E-state index in [2.05, 4.69) is 4.98 Å². The molecule has 22 heavy (non-hydrogen) atoms. The number of nitrogens with two attached hydrogens (primary N) is 1. The smallest absolute Gasteiger partial charge is 0.273 e. The molecule has 1 fully saturated rings. The molecular formula is C16H19N3O2S. The van der Waals surface area contributed by atoms with Gasteiger partial charge < -0.3 is 15.4 Å². The van der Waals surface area contributed by atoms with Gasteiger partial charge in [0.25, 0.3) is 5.91 Å². The first kappa shape index (κ1) is 15.0. The van der Waals surface area contributed by atoms with E-state index in [4.69, 9.17) is 10.5 Å². The lowest BCUT2D eigenvalue weighted by atomic mass is 10.0. The number of rotatable bonds is 4. The van der Waals surface area contributed by atoms with Crippen molar-refractivity contribution in [3.8, 4) is 5.75 Å². The van der Waals surface area contributed by atoms with Crippen molar-refractivity contribution in [1.82, 2.24) is 9.88 Å². The highest BCUT2D eigenvalue weighted by molar-refractivity contribution is 7.09. The van der Waals surface area contributed by atoms with Gasteiger partial charge in [0.15, 0.2) is 0 Å². The average molecular weight is 317 g/mol. The van der Waals surface area contributed by atoms with Crippen molar-refractivity contribution in [2.75, 3.05) is 13.7 Å². The normalized spacial score (nSPS) is 17.7. The predicted molar refractivity (Wildman–Crippen MR) is 86.0 cm³/mol. The minimum atomic E-state index is -0.0237. The quantitative estimate of drug-likeness (QED) is 0.941. The monoisotopic (exact) mass is 317 g/mol.